The van der Waals surface area contributed by atoms with E-state index < -0.39 is 0 Å². The van der Waals surface area contributed by atoms with Gasteiger partial charge >= 0.3 is 0 Å². The molecule has 8 heteroatoms. The highest BCUT2D eigenvalue weighted by Gasteiger charge is 2.26. The molecule has 2 heterocycles. The fourth-order valence-electron chi connectivity index (χ4n) is 3.63. The van der Waals surface area contributed by atoms with Gasteiger partial charge in [-0.3, -0.25) is 9.89 Å². The second kappa shape index (κ2) is 14.2. The quantitative estimate of drug-likeness (QED) is 0.215. The minimum atomic E-state index is 0. The Kier molecular flexibility index (Phi) is 12.8. The molecule has 0 radical (unpaired) electrons. The lowest BCUT2D eigenvalue weighted by Gasteiger charge is -2.30. The second-order valence-electron chi connectivity index (χ2n) is 6.85. The number of ether oxygens (including phenoxy) is 2. The van der Waals surface area contributed by atoms with Crippen molar-refractivity contribution in [1.29, 1.82) is 0 Å². The number of rotatable bonds is 11. The van der Waals surface area contributed by atoms with Crippen molar-refractivity contribution in [2.45, 2.75) is 26.3 Å². The Labute approximate surface area is 186 Å². The number of methoxy groups -OCH3 is 1. The fraction of sp³-hybridized carbons (Fsp3) is 0.750. The van der Waals surface area contributed by atoms with Crippen molar-refractivity contribution in [2.24, 2.45) is 10.9 Å². The van der Waals surface area contributed by atoms with E-state index in [1.807, 2.05) is 13.1 Å². The summed E-state index contributed by atoms with van der Waals surface area (Å²) in [6, 6.07) is 4.20. The molecule has 0 saturated carbocycles. The zero-order valence-electron chi connectivity index (χ0n) is 17.7. The summed E-state index contributed by atoms with van der Waals surface area (Å²) in [6.07, 6.45) is 2.88. The molecular weight excluding hydrogens is 471 g/mol. The van der Waals surface area contributed by atoms with E-state index in [9.17, 15) is 0 Å². The number of likely N-dealkylation sites (N-methyl/N-ethyl adjacent to an activating group) is 1. The minimum Gasteiger partial charge on any atom is -0.468 e. The Morgan fingerprint density at radius 2 is 2.18 bits per heavy atom. The van der Waals surface area contributed by atoms with Gasteiger partial charge in [-0.2, -0.15) is 0 Å². The number of hydrogen-bond donors (Lipinski definition) is 1. The van der Waals surface area contributed by atoms with Gasteiger partial charge in [-0.1, -0.05) is 13.8 Å². The van der Waals surface area contributed by atoms with Gasteiger partial charge in [-0.25, -0.2) is 0 Å². The van der Waals surface area contributed by atoms with Crippen LogP contribution in [0.5, 0.6) is 0 Å². The van der Waals surface area contributed by atoms with Gasteiger partial charge in [0.2, 0.25) is 0 Å². The number of guanidine groups is 1. The molecular formula is C20H37IN4O3. The molecule has 7 nitrogen and oxygen atoms in total. The largest absolute Gasteiger partial charge is 0.468 e. The number of furan rings is 1. The molecule has 0 aliphatic carbocycles. The Morgan fingerprint density at radius 3 is 2.79 bits per heavy atom. The Bertz CT molecular complexity index is 538. The van der Waals surface area contributed by atoms with Crippen LogP contribution in [0.3, 0.4) is 0 Å². The molecule has 2 rings (SSSR count). The fourth-order valence-corrected chi connectivity index (χ4v) is 3.63. The topological polar surface area (TPSA) is 62.5 Å². The lowest BCUT2D eigenvalue weighted by molar-refractivity contribution is 0.0536. The lowest BCUT2D eigenvalue weighted by Crippen LogP contribution is -2.44. The molecule has 0 bridgehead atoms. The Hall–Kier alpha value is -0.840. The maximum absolute atomic E-state index is 5.70. The normalized spacial score (nSPS) is 18.4. The average Bonchev–Trinajstić information content (AvgIpc) is 3.37. The van der Waals surface area contributed by atoms with E-state index in [0.29, 0.717) is 19.1 Å². The molecule has 1 aromatic rings. The van der Waals surface area contributed by atoms with Crippen LogP contribution in [0.15, 0.2) is 27.8 Å². The predicted octanol–water partition coefficient (Wildman–Crippen LogP) is 2.84. The van der Waals surface area contributed by atoms with E-state index >= 15 is 0 Å². The molecule has 2 atom stereocenters. The molecule has 162 valence electrons. The van der Waals surface area contributed by atoms with Crippen LogP contribution in [0, 0.1) is 5.92 Å². The van der Waals surface area contributed by atoms with Gasteiger partial charge in [-0.05, 0) is 31.6 Å². The number of nitrogens with one attached hydrogen (secondary N) is 1. The van der Waals surface area contributed by atoms with Crippen LogP contribution in [0.2, 0.25) is 0 Å². The molecule has 1 fully saturated rings. The summed E-state index contributed by atoms with van der Waals surface area (Å²) in [6.45, 7) is 11.2. The molecule has 0 aromatic carbocycles. The van der Waals surface area contributed by atoms with Crippen LogP contribution in [0.1, 0.15) is 32.1 Å². The summed E-state index contributed by atoms with van der Waals surface area (Å²) in [7, 11) is 3.55. The van der Waals surface area contributed by atoms with E-state index in [4.69, 9.17) is 13.9 Å². The summed E-state index contributed by atoms with van der Waals surface area (Å²) < 4.78 is 16.4. The smallest absolute Gasteiger partial charge is 0.193 e. The van der Waals surface area contributed by atoms with Gasteiger partial charge in [0.1, 0.15) is 5.76 Å². The van der Waals surface area contributed by atoms with E-state index in [2.05, 4.69) is 40.0 Å². The number of halogens is 1. The van der Waals surface area contributed by atoms with Crippen molar-refractivity contribution >= 4 is 29.9 Å². The predicted molar refractivity (Wildman–Crippen MR) is 124 cm³/mol. The summed E-state index contributed by atoms with van der Waals surface area (Å²) >= 11 is 0. The monoisotopic (exact) mass is 508 g/mol. The maximum atomic E-state index is 5.70. The molecule has 1 saturated heterocycles. The van der Waals surface area contributed by atoms with Gasteiger partial charge in [0.05, 0.1) is 32.1 Å². The van der Waals surface area contributed by atoms with Gasteiger partial charge in [0.15, 0.2) is 5.96 Å². The first-order valence-electron chi connectivity index (χ1n) is 10.0. The second-order valence-corrected chi connectivity index (χ2v) is 6.85. The summed E-state index contributed by atoms with van der Waals surface area (Å²) in [5.41, 5.74) is 0. The van der Waals surface area contributed by atoms with Gasteiger partial charge in [-0.15, -0.1) is 24.0 Å². The highest BCUT2D eigenvalue weighted by atomic mass is 127. The Balaban J connectivity index is 0.00000392. The van der Waals surface area contributed by atoms with E-state index in [1.54, 1.807) is 13.4 Å². The van der Waals surface area contributed by atoms with Gasteiger partial charge in [0.25, 0.3) is 0 Å². The first kappa shape index (κ1) is 25.2. The van der Waals surface area contributed by atoms with Crippen LogP contribution in [-0.4, -0.2) is 82.5 Å². The molecule has 0 spiro atoms. The zero-order valence-corrected chi connectivity index (χ0v) is 20.1. The molecule has 1 aliphatic heterocycles. The molecule has 1 aliphatic rings. The van der Waals surface area contributed by atoms with Crippen molar-refractivity contribution in [1.82, 2.24) is 15.1 Å². The maximum Gasteiger partial charge on any atom is 0.193 e. The van der Waals surface area contributed by atoms with Gasteiger partial charge < -0.3 is 24.1 Å². The highest BCUT2D eigenvalue weighted by Crippen LogP contribution is 2.21. The third-order valence-electron chi connectivity index (χ3n) is 5.16. The van der Waals surface area contributed by atoms with Crippen LogP contribution in [0.25, 0.3) is 0 Å². The third-order valence-corrected chi connectivity index (χ3v) is 5.16. The van der Waals surface area contributed by atoms with Crippen LogP contribution in [-0.2, 0) is 9.47 Å². The molecule has 0 amide bonds. The zero-order chi connectivity index (χ0) is 19.5. The number of aliphatic imine (C=N–C) groups is 1. The molecule has 28 heavy (non-hydrogen) atoms. The Morgan fingerprint density at radius 1 is 1.39 bits per heavy atom. The van der Waals surface area contributed by atoms with E-state index in [1.165, 1.54) is 0 Å². The molecule has 1 aromatic heterocycles. The van der Waals surface area contributed by atoms with Gasteiger partial charge in [0, 0.05) is 39.7 Å². The first-order chi connectivity index (χ1) is 13.2. The standard InChI is InChI=1S/C20H36N4O3.HI/c1-5-23(6-2)18(19-8-7-11-27-19)14-22-20(21-3)24-10-9-17(15-24)16-26-13-12-25-4;/h7-8,11,17-18H,5-6,9-10,12-16H2,1-4H3,(H,21,22);1H. The average molecular weight is 508 g/mol. The summed E-state index contributed by atoms with van der Waals surface area (Å²) in [5, 5.41) is 3.56. The van der Waals surface area contributed by atoms with Crippen LogP contribution >= 0.6 is 24.0 Å². The molecule has 2 unspecified atom stereocenters. The van der Waals surface area contributed by atoms with Crippen LogP contribution in [0.4, 0.5) is 0 Å². The number of nitrogens with zero attached hydrogens (tertiary/aromatic N) is 3. The summed E-state index contributed by atoms with van der Waals surface area (Å²) in [5.74, 6) is 2.50. The third kappa shape index (κ3) is 7.53. The summed E-state index contributed by atoms with van der Waals surface area (Å²) in [4.78, 5) is 9.22. The number of likely N-dealkylation sites (tertiary alicyclic amines) is 1. The number of hydrogen-bond acceptors (Lipinski definition) is 5. The van der Waals surface area contributed by atoms with Crippen molar-refractivity contribution < 1.29 is 13.9 Å². The lowest BCUT2D eigenvalue weighted by atomic mass is 10.1. The van der Waals surface area contributed by atoms with E-state index in [-0.39, 0.29) is 30.0 Å². The van der Waals surface area contributed by atoms with Crippen molar-refractivity contribution in [3.05, 3.63) is 24.2 Å². The van der Waals surface area contributed by atoms with E-state index in [0.717, 1.165) is 57.5 Å². The highest BCUT2D eigenvalue weighted by molar-refractivity contribution is 14.0. The molecule has 1 N–H and O–H groups in total. The van der Waals surface area contributed by atoms with Crippen LogP contribution < -0.4 is 5.32 Å². The minimum absolute atomic E-state index is 0. The van der Waals surface area contributed by atoms with Crippen molar-refractivity contribution in [3.8, 4) is 0 Å². The first-order valence-corrected chi connectivity index (χ1v) is 10.0. The van der Waals surface area contributed by atoms with Crippen molar-refractivity contribution in [2.75, 3.05) is 66.7 Å². The van der Waals surface area contributed by atoms with Crippen molar-refractivity contribution in [3.63, 3.8) is 0 Å². The SMILES string of the molecule is CCN(CC)C(CNC(=NC)N1CCC(COCCOC)C1)c1ccco1.I.